The second-order valence-corrected chi connectivity index (χ2v) is 5.81. The maximum Gasteiger partial charge on any atom is 0.305 e. The lowest BCUT2D eigenvalue weighted by molar-refractivity contribution is -0.140. The quantitative estimate of drug-likeness (QED) is 0.810. The average Bonchev–Trinajstić information content (AvgIpc) is 2.56. The fourth-order valence-corrected chi connectivity index (χ4v) is 3.51. The van der Waals surface area contributed by atoms with E-state index < -0.39 is 5.97 Å². The minimum absolute atomic E-state index is 0.111. The van der Waals surface area contributed by atoms with Crippen LogP contribution in [0.4, 0.5) is 0 Å². The van der Waals surface area contributed by atoms with Gasteiger partial charge in [-0.05, 0) is 46.3 Å². The molecule has 0 aromatic carbocycles. The topological polar surface area (TPSA) is 43.8 Å². The first kappa shape index (κ1) is 12.8. The molecule has 0 spiro atoms. The van der Waals surface area contributed by atoms with Crippen LogP contribution in [0, 0.1) is 0 Å². The van der Waals surface area contributed by atoms with Gasteiger partial charge in [-0.25, -0.2) is 0 Å². The lowest BCUT2D eigenvalue weighted by atomic mass is 9.88. The van der Waals surface area contributed by atoms with Crippen LogP contribution in [0.2, 0.25) is 0 Å². The Labute approximate surface area is 104 Å². The van der Waals surface area contributed by atoms with Crippen molar-refractivity contribution < 1.29 is 9.90 Å². The number of rotatable bonds is 3. The summed E-state index contributed by atoms with van der Waals surface area (Å²) in [7, 11) is 2.11. The van der Waals surface area contributed by atoms with Crippen LogP contribution in [0.15, 0.2) is 0 Å². The van der Waals surface area contributed by atoms with E-state index in [0.717, 1.165) is 26.1 Å². The lowest BCUT2D eigenvalue weighted by Crippen LogP contribution is -2.53. The van der Waals surface area contributed by atoms with Crippen molar-refractivity contribution in [3.8, 4) is 0 Å². The Hall–Kier alpha value is -0.610. The van der Waals surface area contributed by atoms with Crippen molar-refractivity contribution in [3.05, 3.63) is 0 Å². The Morgan fingerprint density at radius 3 is 2.47 bits per heavy atom. The molecule has 0 saturated carbocycles. The lowest BCUT2D eigenvalue weighted by Gasteiger charge is -2.42. The molecule has 0 aromatic heterocycles. The first-order chi connectivity index (χ1) is 8.03. The van der Waals surface area contributed by atoms with Gasteiger partial charge >= 0.3 is 5.97 Å². The number of carboxylic acids is 1. The Morgan fingerprint density at radius 2 is 2.00 bits per heavy atom. The fourth-order valence-electron chi connectivity index (χ4n) is 3.51. The second-order valence-electron chi connectivity index (χ2n) is 5.81. The van der Waals surface area contributed by atoms with Crippen LogP contribution in [0.1, 0.15) is 39.0 Å². The molecule has 4 nitrogen and oxygen atoms in total. The molecule has 17 heavy (non-hydrogen) atoms. The van der Waals surface area contributed by atoms with Gasteiger partial charge in [0, 0.05) is 18.1 Å². The highest BCUT2D eigenvalue weighted by molar-refractivity contribution is 5.68. The van der Waals surface area contributed by atoms with Crippen molar-refractivity contribution in [1.29, 1.82) is 0 Å². The number of nitrogens with zero attached hydrogens (tertiary/aromatic N) is 2. The fraction of sp³-hybridized carbons (Fsp3) is 0.923. The van der Waals surface area contributed by atoms with Crippen molar-refractivity contribution in [1.82, 2.24) is 9.80 Å². The molecular weight excluding hydrogens is 216 g/mol. The Kier molecular flexibility index (Phi) is 3.73. The zero-order chi connectivity index (χ0) is 12.5. The maximum absolute atomic E-state index is 11.2. The third kappa shape index (κ3) is 2.63. The molecule has 0 aromatic rings. The molecular formula is C13H24N2O2. The monoisotopic (exact) mass is 240 g/mol. The van der Waals surface area contributed by atoms with Gasteiger partial charge in [0.15, 0.2) is 0 Å². The number of carboxylic acid groups (broad SMARTS) is 1. The van der Waals surface area contributed by atoms with E-state index in [1.54, 1.807) is 0 Å². The maximum atomic E-state index is 11.2. The first-order valence-electron chi connectivity index (χ1n) is 6.71. The number of likely N-dealkylation sites (tertiary alicyclic amines) is 2. The van der Waals surface area contributed by atoms with Gasteiger partial charge in [-0.3, -0.25) is 9.69 Å². The predicted octanol–water partition coefficient (Wildman–Crippen LogP) is 1.41. The first-order valence-corrected chi connectivity index (χ1v) is 6.71. The van der Waals surface area contributed by atoms with Gasteiger partial charge in [-0.15, -0.1) is 0 Å². The molecule has 0 amide bonds. The molecule has 98 valence electrons. The zero-order valence-corrected chi connectivity index (χ0v) is 11.0. The van der Waals surface area contributed by atoms with Gasteiger partial charge in [0.25, 0.3) is 0 Å². The number of hydrogen-bond donors (Lipinski definition) is 1. The minimum Gasteiger partial charge on any atom is -0.481 e. The van der Waals surface area contributed by atoms with E-state index in [4.69, 9.17) is 0 Å². The summed E-state index contributed by atoms with van der Waals surface area (Å²) in [5, 5.41) is 9.20. The summed E-state index contributed by atoms with van der Waals surface area (Å²) in [6.45, 7) is 5.26. The molecule has 2 unspecified atom stereocenters. The van der Waals surface area contributed by atoms with Crippen LogP contribution < -0.4 is 0 Å². The Bertz CT molecular complexity index is 277. The summed E-state index contributed by atoms with van der Waals surface area (Å²) in [6.07, 6.45) is 5.03. The third-order valence-corrected chi connectivity index (χ3v) is 4.48. The van der Waals surface area contributed by atoms with E-state index in [2.05, 4.69) is 23.8 Å². The molecule has 2 saturated heterocycles. The summed E-state index contributed by atoms with van der Waals surface area (Å²) < 4.78 is 0. The highest BCUT2D eigenvalue weighted by atomic mass is 16.4. The van der Waals surface area contributed by atoms with Gasteiger partial charge < -0.3 is 10.0 Å². The van der Waals surface area contributed by atoms with Gasteiger partial charge in [-0.1, -0.05) is 6.42 Å². The molecule has 4 heteroatoms. The molecule has 2 aliphatic heterocycles. The predicted molar refractivity (Wildman–Crippen MR) is 67.1 cm³/mol. The third-order valence-electron chi connectivity index (χ3n) is 4.48. The van der Waals surface area contributed by atoms with E-state index in [0.29, 0.717) is 12.5 Å². The van der Waals surface area contributed by atoms with Gasteiger partial charge in [0.1, 0.15) is 0 Å². The van der Waals surface area contributed by atoms with E-state index in [1.165, 1.54) is 19.3 Å². The molecule has 0 radical (unpaired) electrons. The van der Waals surface area contributed by atoms with Crippen molar-refractivity contribution in [2.45, 2.75) is 50.6 Å². The molecule has 2 atom stereocenters. The van der Waals surface area contributed by atoms with Gasteiger partial charge in [0.2, 0.25) is 0 Å². The largest absolute Gasteiger partial charge is 0.481 e. The normalized spacial score (nSPS) is 36.2. The number of likely N-dealkylation sites (N-methyl/N-ethyl adjacent to an activating group) is 1. The Morgan fingerprint density at radius 1 is 1.35 bits per heavy atom. The summed E-state index contributed by atoms with van der Waals surface area (Å²) in [5.74, 6) is -0.655. The molecule has 0 bridgehead atoms. The second kappa shape index (κ2) is 4.94. The van der Waals surface area contributed by atoms with Crippen LogP contribution in [-0.2, 0) is 4.79 Å². The van der Waals surface area contributed by atoms with Gasteiger partial charge in [-0.2, -0.15) is 0 Å². The summed E-state index contributed by atoms with van der Waals surface area (Å²) >= 11 is 0. The SMILES string of the molecule is CC1CC(CC(=O)O)(N2CCCCC2)CN1C. The van der Waals surface area contributed by atoms with E-state index in [1.807, 2.05) is 0 Å². The summed E-state index contributed by atoms with van der Waals surface area (Å²) in [4.78, 5) is 15.9. The van der Waals surface area contributed by atoms with Crippen LogP contribution in [0.25, 0.3) is 0 Å². The van der Waals surface area contributed by atoms with Crippen molar-refractivity contribution in [3.63, 3.8) is 0 Å². The number of piperidine rings is 1. The average molecular weight is 240 g/mol. The van der Waals surface area contributed by atoms with Crippen molar-refractivity contribution in [2.75, 3.05) is 26.7 Å². The smallest absolute Gasteiger partial charge is 0.305 e. The molecule has 1 N–H and O–H groups in total. The van der Waals surface area contributed by atoms with Crippen LogP contribution in [0.5, 0.6) is 0 Å². The molecule has 0 aliphatic carbocycles. The van der Waals surface area contributed by atoms with Gasteiger partial charge in [0.05, 0.1) is 6.42 Å². The standard InChI is InChI=1S/C13H24N2O2/c1-11-8-13(9-12(16)17,10-14(11)2)15-6-4-3-5-7-15/h11H,3-10H2,1-2H3,(H,16,17). The Balaban J connectivity index is 2.14. The minimum atomic E-state index is -0.655. The van der Waals surface area contributed by atoms with Crippen molar-refractivity contribution in [2.24, 2.45) is 0 Å². The number of hydrogen-bond acceptors (Lipinski definition) is 3. The summed E-state index contributed by atoms with van der Waals surface area (Å²) in [5.41, 5.74) is -0.111. The highest BCUT2D eigenvalue weighted by Crippen LogP contribution is 2.36. The molecule has 2 aliphatic rings. The molecule has 2 fully saturated rings. The summed E-state index contributed by atoms with van der Waals surface area (Å²) in [6, 6.07) is 0.497. The van der Waals surface area contributed by atoms with Crippen LogP contribution in [-0.4, -0.2) is 59.1 Å². The van der Waals surface area contributed by atoms with Crippen LogP contribution >= 0.6 is 0 Å². The zero-order valence-electron chi connectivity index (χ0n) is 11.0. The van der Waals surface area contributed by atoms with E-state index in [9.17, 15) is 9.90 Å². The number of carbonyl (C=O) groups is 1. The molecule has 2 rings (SSSR count). The highest BCUT2D eigenvalue weighted by Gasteiger charge is 2.46. The van der Waals surface area contributed by atoms with E-state index in [-0.39, 0.29) is 5.54 Å². The number of aliphatic carboxylic acids is 1. The molecule has 2 heterocycles. The van der Waals surface area contributed by atoms with Crippen molar-refractivity contribution >= 4 is 5.97 Å². The van der Waals surface area contributed by atoms with E-state index >= 15 is 0 Å². The van der Waals surface area contributed by atoms with Crippen LogP contribution in [0.3, 0.4) is 0 Å².